The first-order valence-corrected chi connectivity index (χ1v) is 9.79. The number of nitrogens with one attached hydrogen (secondary N) is 1. The van der Waals surface area contributed by atoms with Gasteiger partial charge in [-0.1, -0.05) is 18.2 Å². The van der Waals surface area contributed by atoms with Crippen LogP contribution in [-0.4, -0.2) is 38.9 Å². The summed E-state index contributed by atoms with van der Waals surface area (Å²) >= 11 is 0. The Morgan fingerprint density at radius 3 is 2.71 bits per heavy atom. The fourth-order valence-corrected chi connectivity index (χ4v) is 3.54. The number of carboxylic acid groups (broad SMARTS) is 1. The number of aromatic nitrogens is 3. The van der Waals surface area contributed by atoms with E-state index in [-0.39, 0.29) is 12.4 Å². The fraction of sp³-hybridized carbons (Fsp3) is 0.227. The van der Waals surface area contributed by atoms with Gasteiger partial charge in [0, 0.05) is 48.3 Å². The number of H-pyrrole nitrogens is 1. The van der Waals surface area contributed by atoms with Crippen molar-refractivity contribution < 1.29 is 19.4 Å². The topological polar surface area (TPSA) is 132 Å². The van der Waals surface area contributed by atoms with Crippen molar-refractivity contribution in [1.29, 1.82) is 0 Å². The monoisotopic (exact) mass is 422 g/mol. The van der Waals surface area contributed by atoms with E-state index in [0.29, 0.717) is 34.8 Å². The van der Waals surface area contributed by atoms with Gasteiger partial charge in [-0.05, 0) is 19.0 Å². The lowest BCUT2D eigenvalue weighted by atomic mass is 10.1. The van der Waals surface area contributed by atoms with Crippen LogP contribution in [0.5, 0.6) is 11.5 Å². The van der Waals surface area contributed by atoms with E-state index >= 15 is 0 Å². The van der Waals surface area contributed by atoms with Gasteiger partial charge >= 0.3 is 0 Å². The van der Waals surface area contributed by atoms with Crippen molar-refractivity contribution in [1.82, 2.24) is 14.5 Å². The molecule has 0 aliphatic carbocycles. The number of carbonyl (C=O) groups is 1. The molecule has 4 aromatic rings. The van der Waals surface area contributed by atoms with Crippen LogP contribution >= 0.6 is 0 Å². The summed E-state index contributed by atoms with van der Waals surface area (Å²) in [4.78, 5) is 29.4. The van der Waals surface area contributed by atoms with E-state index in [0.717, 1.165) is 36.4 Å². The van der Waals surface area contributed by atoms with Crippen LogP contribution in [0, 0.1) is 0 Å². The van der Waals surface area contributed by atoms with Crippen LogP contribution in [-0.2, 0) is 11.3 Å². The lowest BCUT2D eigenvalue weighted by Gasteiger charge is -2.03. The number of aryl methyl sites for hydroxylation is 1. The van der Waals surface area contributed by atoms with Crippen LogP contribution in [0.25, 0.3) is 33.2 Å². The zero-order chi connectivity index (χ0) is 22.0. The molecule has 0 unspecified atom stereocenters. The van der Waals surface area contributed by atoms with Gasteiger partial charge in [0.25, 0.3) is 11.5 Å². The normalized spacial score (nSPS) is 12.1. The quantitative estimate of drug-likeness (QED) is 0.460. The third kappa shape index (κ3) is 4.08. The summed E-state index contributed by atoms with van der Waals surface area (Å²) in [7, 11) is 0. The molecular weight excluding hydrogens is 400 g/mol. The molecule has 5 rings (SSSR count). The van der Waals surface area contributed by atoms with E-state index < -0.39 is 5.97 Å². The second-order valence-corrected chi connectivity index (χ2v) is 7.05. The molecule has 0 fully saturated rings. The molecule has 9 heteroatoms. The molecule has 0 saturated carbocycles. The van der Waals surface area contributed by atoms with E-state index in [2.05, 4.69) is 14.5 Å². The first kappa shape index (κ1) is 20.4. The average molecular weight is 422 g/mol. The van der Waals surface area contributed by atoms with Gasteiger partial charge in [-0.15, -0.1) is 0 Å². The summed E-state index contributed by atoms with van der Waals surface area (Å²) in [5.41, 5.74) is 8.98. The highest BCUT2D eigenvalue weighted by Crippen LogP contribution is 2.35. The van der Waals surface area contributed by atoms with E-state index in [9.17, 15) is 4.79 Å². The Hall–Kier alpha value is -3.85. The number of aromatic amines is 1. The maximum Gasteiger partial charge on any atom is 0.300 e. The van der Waals surface area contributed by atoms with Gasteiger partial charge in [0.2, 0.25) is 6.79 Å². The van der Waals surface area contributed by atoms with Crippen LogP contribution in [0.3, 0.4) is 0 Å². The van der Waals surface area contributed by atoms with Gasteiger partial charge in [0.1, 0.15) is 5.69 Å². The molecule has 31 heavy (non-hydrogen) atoms. The smallest absolute Gasteiger partial charge is 0.300 e. The standard InChI is InChI=1S/C20H18N4O3.C2H4O2/c21-6-3-7-24-10-13(12-4-1-2-5-16(12)24)19-20(25)23-15-9-18-17(26-11-27-18)8-14(15)22-19;1-2(3)4/h1-2,4-5,8-10H,3,6-7,11,21H2,(H,23,25);1H3,(H,3,4). The van der Waals surface area contributed by atoms with Gasteiger partial charge in [-0.2, -0.15) is 0 Å². The van der Waals surface area contributed by atoms with E-state index in [1.54, 1.807) is 12.1 Å². The maximum atomic E-state index is 12.8. The zero-order valence-corrected chi connectivity index (χ0v) is 16.9. The highest BCUT2D eigenvalue weighted by atomic mass is 16.7. The van der Waals surface area contributed by atoms with Crippen molar-refractivity contribution in [3.63, 3.8) is 0 Å². The second kappa shape index (κ2) is 8.49. The Morgan fingerprint density at radius 1 is 1.26 bits per heavy atom. The van der Waals surface area contributed by atoms with Crippen molar-refractivity contribution >= 4 is 27.9 Å². The fourth-order valence-electron chi connectivity index (χ4n) is 3.54. The summed E-state index contributed by atoms with van der Waals surface area (Å²) in [6.07, 6.45) is 2.85. The molecule has 4 N–H and O–H groups in total. The van der Waals surface area contributed by atoms with Gasteiger partial charge in [-0.3, -0.25) is 9.59 Å². The Kier molecular flexibility index (Phi) is 5.59. The molecule has 1 aliphatic rings. The van der Waals surface area contributed by atoms with Crippen LogP contribution < -0.4 is 20.8 Å². The highest BCUT2D eigenvalue weighted by molar-refractivity contribution is 5.96. The molecule has 9 nitrogen and oxygen atoms in total. The van der Waals surface area contributed by atoms with Gasteiger partial charge in [0.15, 0.2) is 11.5 Å². The molecule has 0 amide bonds. The summed E-state index contributed by atoms with van der Waals surface area (Å²) < 4.78 is 12.9. The first-order chi connectivity index (χ1) is 15.0. The highest BCUT2D eigenvalue weighted by Gasteiger charge is 2.18. The number of para-hydroxylation sites is 1. The molecule has 0 spiro atoms. The third-order valence-corrected chi connectivity index (χ3v) is 4.83. The SMILES string of the molecule is CC(=O)O.NCCCn1cc(-c2nc3cc4c(cc3[nH]c2=O)OCO4)c2ccccc21. The Morgan fingerprint density at radius 2 is 1.97 bits per heavy atom. The average Bonchev–Trinajstić information content (AvgIpc) is 3.34. The number of rotatable bonds is 4. The molecule has 0 bridgehead atoms. The maximum absolute atomic E-state index is 12.8. The summed E-state index contributed by atoms with van der Waals surface area (Å²) in [6, 6.07) is 11.6. The molecule has 2 aromatic carbocycles. The molecule has 3 heterocycles. The number of fused-ring (bicyclic) bond motifs is 3. The summed E-state index contributed by atoms with van der Waals surface area (Å²) in [5, 5.41) is 8.41. The minimum Gasteiger partial charge on any atom is -0.481 e. The van der Waals surface area contributed by atoms with Gasteiger partial charge in [-0.25, -0.2) is 4.98 Å². The van der Waals surface area contributed by atoms with Crippen molar-refractivity contribution in [2.24, 2.45) is 5.73 Å². The Labute approximate surface area is 177 Å². The van der Waals surface area contributed by atoms with Crippen molar-refractivity contribution in [3.8, 4) is 22.8 Å². The summed E-state index contributed by atoms with van der Waals surface area (Å²) in [5.74, 6) is 0.421. The lowest BCUT2D eigenvalue weighted by molar-refractivity contribution is -0.134. The zero-order valence-electron chi connectivity index (χ0n) is 16.9. The molecule has 0 atom stereocenters. The van der Waals surface area contributed by atoms with Crippen molar-refractivity contribution in [3.05, 3.63) is 52.9 Å². The Bertz CT molecular complexity index is 1320. The van der Waals surface area contributed by atoms with Crippen molar-refractivity contribution in [2.45, 2.75) is 19.9 Å². The number of carboxylic acids is 1. The number of hydrogen-bond acceptors (Lipinski definition) is 6. The van der Waals surface area contributed by atoms with Crippen LogP contribution in [0.15, 0.2) is 47.4 Å². The minimum atomic E-state index is -0.833. The third-order valence-electron chi connectivity index (χ3n) is 4.83. The van der Waals surface area contributed by atoms with Crippen LogP contribution in [0.1, 0.15) is 13.3 Å². The minimum absolute atomic E-state index is 0.178. The number of hydrogen-bond donors (Lipinski definition) is 3. The summed E-state index contributed by atoms with van der Waals surface area (Å²) in [6.45, 7) is 2.67. The number of nitrogens with zero attached hydrogens (tertiary/aromatic N) is 2. The Balaban J connectivity index is 0.000000535. The van der Waals surface area contributed by atoms with E-state index in [1.165, 1.54) is 0 Å². The largest absolute Gasteiger partial charge is 0.481 e. The molecular formula is C22H22N4O5. The van der Waals surface area contributed by atoms with Crippen LogP contribution in [0.2, 0.25) is 0 Å². The number of nitrogens with two attached hydrogens (primary N) is 1. The molecule has 160 valence electrons. The molecule has 2 aromatic heterocycles. The molecule has 0 saturated heterocycles. The lowest BCUT2D eigenvalue weighted by Crippen LogP contribution is -2.11. The second-order valence-electron chi connectivity index (χ2n) is 7.05. The first-order valence-electron chi connectivity index (χ1n) is 9.79. The van der Waals surface area contributed by atoms with Crippen LogP contribution in [0.4, 0.5) is 0 Å². The van der Waals surface area contributed by atoms with E-state index in [4.69, 9.17) is 25.1 Å². The predicted molar refractivity (Wildman–Crippen MR) is 116 cm³/mol. The van der Waals surface area contributed by atoms with Crippen molar-refractivity contribution in [2.75, 3.05) is 13.3 Å². The predicted octanol–water partition coefficient (Wildman–Crippen LogP) is 2.71. The van der Waals surface area contributed by atoms with Gasteiger partial charge < -0.3 is 29.9 Å². The van der Waals surface area contributed by atoms with E-state index in [1.807, 2.05) is 30.5 Å². The number of aliphatic carboxylic acids is 1. The number of ether oxygens (including phenoxy) is 2. The molecule has 1 aliphatic heterocycles. The molecule has 0 radical (unpaired) electrons. The van der Waals surface area contributed by atoms with Gasteiger partial charge in [0.05, 0.1) is 11.0 Å². The number of benzene rings is 2.